The molecule has 16 heavy (non-hydrogen) atoms. The third-order valence-corrected chi connectivity index (χ3v) is 3.50. The summed E-state index contributed by atoms with van der Waals surface area (Å²) in [6.45, 7) is 2.87. The van der Waals surface area contributed by atoms with E-state index in [2.05, 4.69) is 15.8 Å². The van der Waals surface area contributed by atoms with Crippen molar-refractivity contribution in [1.82, 2.24) is 4.37 Å². The zero-order chi connectivity index (χ0) is 11.5. The second-order valence-corrected chi connectivity index (χ2v) is 4.64. The fourth-order valence-electron chi connectivity index (χ4n) is 1.81. The minimum absolute atomic E-state index is 0.175. The molecule has 0 aromatic carbocycles. The summed E-state index contributed by atoms with van der Waals surface area (Å²) in [7, 11) is 0. The van der Waals surface area contributed by atoms with Crippen LogP contribution in [0.1, 0.15) is 25.3 Å². The molecule has 3 N–H and O–H groups in total. The number of nitrogens with two attached hydrogens (primary N) is 1. The highest BCUT2D eigenvalue weighted by Gasteiger charge is 2.24. The summed E-state index contributed by atoms with van der Waals surface area (Å²) >= 11 is 1.22. The van der Waals surface area contributed by atoms with E-state index >= 15 is 0 Å². The minimum Gasteiger partial charge on any atom is -0.382 e. The first kappa shape index (κ1) is 11.2. The second kappa shape index (κ2) is 4.68. The lowest BCUT2D eigenvalue weighted by molar-refractivity contribution is 0.0997. The van der Waals surface area contributed by atoms with E-state index in [1.165, 1.54) is 11.5 Å². The number of rotatable bonds is 3. The quantitative estimate of drug-likeness (QED) is 0.835. The van der Waals surface area contributed by atoms with Crippen molar-refractivity contribution >= 4 is 22.4 Å². The van der Waals surface area contributed by atoms with Crippen LogP contribution in [-0.2, 0) is 4.74 Å². The van der Waals surface area contributed by atoms with Gasteiger partial charge in [0.25, 0.3) is 0 Å². The Hall–Kier alpha value is -1.32. The average molecular weight is 238 g/mol. The van der Waals surface area contributed by atoms with Crippen molar-refractivity contribution in [2.45, 2.75) is 31.9 Å². The highest BCUT2D eigenvalue weighted by atomic mass is 32.1. The molecule has 86 valence electrons. The van der Waals surface area contributed by atoms with Crippen molar-refractivity contribution < 1.29 is 4.74 Å². The van der Waals surface area contributed by atoms with Crippen LogP contribution in [-0.4, -0.2) is 23.1 Å². The van der Waals surface area contributed by atoms with Gasteiger partial charge in [-0.2, -0.15) is 9.64 Å². The fourth-order valence-corrected chi connectivity index (χ4v) is 2.57. The van der Waals surface area contributed by atoms with Gasteiger partial charge in [0, 0.05) is 6.61 Å². The first-order chi connectivity index (χ1) is 7.72. The first-order valence-electron chi connectivity index (χ1n) is 5.25. The molecule has 1 fully saturated rings. The van der Waals surface area contributed by atoms with E-state index in [0.29, 0.717) is 11.4 Å². The molecule has 1 aliphatic heterocycles. The van der Waals surface area contributed by atoms with Crippen molar-refractivity contribution in [2.24, 2.45) is 0 Å². The first-order valence-corrected chi connectivity index (χ1v) is 6.03. The van der Waals surface area contributed by atoms with E-state index in [0.717, 1.165) is 24.4 Å². The number of hydrogen-bond donors (Lipinski definition) is 2. The number of anilines is 2. The zero-order valence-electron chi connectivity index (χ0n) is 9.06. The number of aromatic nitrogens is 1. The van der Waals surface area contributed by atoms with Gasteiger partial charge in [0.2, 0.25) is 0 Å². The van der Waals surface area contributed by atoms with Crippen LogP contribution < -0.4 is 11.1 Å². The number of nitrogens with one attached hydrogen (secondary N) is 1. The maximum absolute atomic E-state index is 8.93. The molecule has 1 saturated heterocycles. The molecular formula is C10H14N4OS. The van der Waals surface area contributed by atoms with Crippen molar-refractivity contribution in [3.8, 4) is 6.07 Å². The standard InChI is InChI=1S/C10H14N4OS/c1-6(8-3-2-4-15-8)13-10-7(5-11)9(12)14-16-10/h6,8,13H,2-4H2,1H3,(H2,12,14). The second-order valence-electron chi connectivity index (χ2n) is 3.87. The Balaban J connectivity index is 2.05. The average Bonchev–Trinajstić information content (AvgIpc) is 2.88. The summed E-state index contributed by atoms with van der Waals surface area (Å²) in [5.74, 6) is 0.301. The molecule has 0 bridgehead atoms. The van der Waals surface area contributed by atoms with Gasteiger partial charge >= 0.3 is 0 Å². The van der Waals surface area contributed by atoms with Gasteiger partial charge in [0.05, 0.1) is 12.1 Å². The van der Waals surface area contributed by atoms with Crippen LogP contribution in [0.15, 0.2) is 0 Å². The molecule has 6 heteroatoms. The summed E-state index contributed by atoms with van der Waals surface area (Å²) < 4.78 is 9.54. The lowest BCUT2D eigenvalue weighted by Gasteiger charge is -2.19. The fraction of sp³-hybridized carbons (Fsp3) is 0.600. The Labute approximate surface area is 98.4 Å². The van der Waals surface area contributed by atoms with Crippen molar-refractivity contribution in [3.05, 3.63) is 5.56 Å². The summed E-state index contributed by atoms with van der Waals surface area (Å²) in [6, 6.07) is 2.23. The molecule has 0 saturated carbocycles. The van der Waals surface area contributed by atoms with Gasteiger partial charge in [-0.05, 0) is 31.3 Å². The molecule has 0 aliphatic carbocycles. The van der Waals surface area contributed by atoms with Crippen molar-refractivity contribution in [1.29, 1.82) is 5.26 Å². The van der Waals surface area contributed by atoms with Crippen LogP contribution in [0.5, 0.6) is 0 Å². The van der Waals surface area contributed by atoms with Crippen molar-refractivity contribution in [2.75, 3.05) is 17.7 Å². The lowest BCUT2D eigenvalue weighted by atomic mass is 10.1. The summed E-state index contributed by atoms with van der Waals surface area (Å²) in [5.41, 5.74) is 6.03. The lowest BCUT2D eigenvalue weighted by Crippen LogP contribution is -2.29. The SMILES string of the molecule is CC(Nc1snc(N)c1C#N)C1CCCO1. The molecule has 2 unspecified atom stereocenters. The van der Waals surface area contributed by atoms with Gasteiger partial charge < -0.3 is 15.8 Å². The molecule has 0 amide bonds. The van der Waals surface area contributed by atoms with Gasteiger partial charge in [0.1, 0.15) is 16.6 Å². The Bertz CT molecular complexity index is 405. The Morgan fingerprint density at radius 3 is 3.19 bits per heavy atom. The third kappa shape index (κ3) is 2.10. The van der Waals surface area contributed by atoms with Gasteiger partial charge in [-0.1, -0.05) is 0 Å². The normalized spacial score (nSPS) is 21.6. The zero-order valence-corrected chi connectivity index (χ0v) is 9.88. The van der Waals surface area contributed by atoms with E-state index in [1.807, 2.05) is 6.92 Å². The third-order valence-electron chi connectivity index (χ3n) is 2.71. The number of nitriles is 1. The number of hydrogen-bond acceptors (Lipinski definition) is 6. The molecule has 0 spiro atoms. The van der Waals surface area contributed by atoms with E-state index in [9.17, 15) is 0 Å². The topological polar surface area (TPSA) is 84.0 Å². The van der Waals surface area contributed by atoms with E-state index < -0.39 is 0 Å². The Kier molecular flexibility index (Phi) is 3.27. The molecule has 1 aromatic rings. The summed E-state index contributed by atoms with van der Waals surface area (Å²) in [4.78, 5) is 0. The number of ether oxygens (including phenoxy) is 1. The maximum atomic E-state index is 8.93. The molecule has 2 rings (SSSR count). The Morgan fingerprint density at radius 1 is 1.75 bits per heavy atom. The molecule has 2 atom stereocenters. The van der Waals surface area contributed by atoms with Gasteiger partial charge in [-0.3, -0.25) is 0 Å². The van der Waals surface area contributed by atoms with Crippen LogP contribution in [0, 0.1) is 11.3 Å². The molecular weight excluding hydrogens is 224 g/mol. The molecule has 1 aromatic heterocycles. The minimum atomic E-state index is 0.175. The van der Waals surface area contributed by atoms with Gasteiger partial charge in [0.15, 0.2) is 5.82 Å². The van der Waals surface area contributed by atoms with Gasteiger partial charge in [-0.25, -0.2) is 0 Å². The number of nitrogens with zero attached hydrogens (tertiary/aromatic N) is 2. The van der Waals surface area contributed by atoms with E-state index in [-0.39, 0.29) is 12.1 Å². The molecule has 2 heterocycles. The molecule has 5 nitrogen and oxygen atoms in total. The predicted octanol–water partition coefficient (Wildman–Crippen LogP) is 1.58. The van der Waals surface area contributed by atoms with E-state index in [4.69, 9.17) is 15.7 Å². The highest BCUT2D eigenvalue weighted by molar-refractivity contribution is 7.10. The van der Waals surface area contributed by atoms with Crippen LogP contribution in [0.25, 0.3) is 0 Å². The Morgan fingerprint density at radius 2 is 2.56 bits per heavy atom. The van der Waals surface area contributed by atoms with Crippen LogP contribution in [0.4, 0.5) is 10.8 Å². The monoisotopic (exact) mass is 238 g/mol. The smallest absolute Gasteiger partial charge is 0.157 e. The summed E-state index contributed by atoms with van der Waals surface area (Å²) in [5, 5.41) is 12.9. The van der Waals surface area contributed by atoms with E-state index in [1.54, 1.807) is 0 Å². The predicted molar refractivity (Wildman–Crippen MR) is 63.3 cm³/mol. The molecule has 1 aliphatic rings. The van der Waals surface area contributed by atoms with Gasteiger partial charge in [-0.15, -0.1) is 0 Å². The van der Waals surface area contributed by atoms with Crippen LogP contribution >= 0.6 is 11.5 Å². The van der Waals surface area contributed by atoms with Crippen LogP contribution in [0.3, 0.4) is 0 Å². The largest absolute Gasteiger partial charge is 0.382 e. The molecule has 0 radical (unpaired) electrons. The maximum Gasteiger partial charge on any atom is 0.157 e. The number of nitrogen functional groups attached to an aromatic ring is 1. The highest BCUT2D eigenvalue weighted by Crippen LogP contribution is 2.28. The van der Waals surface area contributed by atoms with Crippen molar-refractivity contribution in [3.63, 3.8) is 0 Å². The van der Waals surface area contributed by atoms with Crippen LogP contribution in [0.2, 0.25) is 0 Å². The summed E-state index contributed by atoms with van der Waals surface area (Å²) in [6.07, 6.45) is 2.38.